The molecule has 16 heavy (non-hydrogen) atoms. The molecule has 1 aromatic rings. The van der Waals surface area contributed by atoms with Gasteiger partial charge in [-0.25, -0.2) is 0 Å². The Balaban J connectivity index is 1.78. The van der Waals surface area contributed by atoms with Crippen molar-refractivity contribution in [1.82, 2.24) is 15.1 Å². The number of rotatable bonds is 5. The lowest BCUT2D eigenvalue weighted by Gasteiger charge is -2.36. The first-order valence-electron chi connectivity index (χ1n) is 6.08. The highest BCUT2D eigenvalue weighted by molar-refractivity contribution is 4.86. The van der Waals surface area contributed by atoms with Gasteiger partial charge in [0.15, 0.2) is 0 Å². The standard InChI is InChI=1S/C12H21N3O/c1-16-12(5-8-13-9-6-12)4-2-10-15-11-3-7-14-15/h3,7,11,13H,2,4-6,8-10H2,1H3. The average molecular weight is 223 g/mol. The Morgan fingerprint density at radius 2 is 2.25 bits per heavy atom. The molecular weight excluding hydrogens is 202 g/mol. The molecule has 4 heteroatoms. The van der Waals surface area contributed by atoms with E-state index in [1.807, 2.05) is 30.3 Å². The van der Waals surface area contributed by atoms with Crippen LogP contribution in [0.4, 0.5) is 0 Å². The minimum atomic E-state index is 0.110. The summed E-state index contributed by atoms with van der Waals surface area (Å²) < 4.78 is 7.72. The molecule has 1 N–H and O–H groups in total. The first-order valence-corrected chi connectivity index (χ1v) is 6.08. The molecule has 2 rings (SSSR count). The molecule has 0 aliphatic carbocycles. The van der Waals surface area contributed by atoms with Crippen LogP contribution >= 0.6 is 0 Å². The normalized spacial score (nSPS) is 19.8. The van der Waals surface area contributed by atoms with Crippen LogP contribution in [-0.4, -0.2) is 35.6 Å². The summed E-state index contributed by atoms with van der Waals surface area (Å²) in [4.78, 5) is 0. The van der Waals surface area contributed by atoms with Gasteiger partial charge in [0.1, 0.15) is 0 Å². The molecule has 1 aliphatic rings. The van der Waals surface area contributed by atoms with Gasteiger partial charge in [-0.3, -0.25) is 4.68 Å². The third-order valence-electron chi connectivity index (χ3n) is 3.53. The van der Waals surface area contributed by atoms with Crippen molar-refractivity contribution in [3.05, 3.63) is 18.5 Å². The van der Waals surface area contributed by atoms with E-state index in [0.29, 0.717) is 0 Å². The van der Waals surface area contributed by atoms with Gasteiger partial charge in [-0.15, -0.1) is 0 Å². The summed E-state index contributed by atoms with van der Waals surface area (Å²) in [6.45, 7) is 3.15. The Morgan fingerprint density at radius 3 is 2.88 bits per heavy atom. The Kier molecular flexibility index (Phi) is 3.96. The third-order valence-corrected chi connectivity index (χ3v) is 3.53. The molecule has 1 aromatic heterocycles. The van der Waals surface area contributed by atoms with Gasteiger partial charge in [-0.1, -0.05) is 0 Å². The highest BCUT2D eigenvalue weighted by Gasteiger charge is 2.30. The number of aryl methyl sites for hydroxylation is 1. The van der Waals surface area contributed by atoms with E-state index in [0.717, 1.165) is 45.3 Å². The van der Waals surface area contributed by atoms with Crippen LogP contribution in [0.5, 0.6) is 0 Å². The van der Waals surface area contributed by atoms with Crippen LogP contribution in [0.3, 0.4) is 0 Å². The van der Waals surface area contributed by atoms with E-state index in [1.54, 1.807) is 0 Å². The smallest absolute Gasteiger partial charge is 0.0703 e. The molecule has 0 amide bonds. The molecule has 1 aliphatic heterocycles. The van der Waals surface area contributed by atoms with E-state index in [-0.39, 0.29) is 5.60 Å². The first-order chi connectivity index (χ1) is 7.85. The highest BCUT2D eigenvalue weighted by Crippen LogP contribution is 2.27. The van der Waals surface area contributed by atoms with E-state index < -0.39 is 0 Å². The zero-order chi connectivity index (χ0) is 11.3. The number of nitrogens with zero attached hydrogens (tertiary/aromatic N) is 2. The van der Waals surface area contributed by atoms with Crippen molar-refractivity contribution >= 4 is 0 Å². The SMILES string of the molecule is COC1(CCCn2cccn2)CCNCC1. The number of aromatic nitrogens is 2. The van der Waals surface area contributed by atoms with Crippen LogP contribution in [0, 0.1) is 0 Å². The van der Waals surface area contributed by atoms with Crippen LogP contribution < -0.4 is 5.32 Å². The second kappa shape index (κ2) is 5.46. The van der Waals surface area contributed by atoms with Gasteiger partial charge in [0.25, 0.3) is 0 Å². The average Bonchev–Trinajstić information content (AvgIpc) is 2.83. The molecule has 4 nitrogen and oxygen atoms in total. The Labute approximate surface area is 97.0 Å². The van der Waals surface area contributed by atoms with Crippen LogP contribution in [0.2, 0.25) is 0 Å². The maximum atomic E-state index is 5.73. The van der Waals surface area contributed by atoms with Crippen LogP contribution in [0.1, 0.15) is 25.7 Å². The summed E-state index contributed by atoms with van der Waals surface area (Å²) in [5.74, 6) is 0. The maximum Gasteiger partial charge on any atom is 0.0703 e. The summed E-state index contributed by atoms with van der Waals surface area (Å²) in [7, 11) is 1.85. The quantitative estimate of drug-likeness (QED) is 0.821. The highest BCUT2D eigenvalue weighted by atomic mass is 16.5. The van der Waals surface area contributed by atoms with E-state index in [1.165, 1.54) is 0 Å². The topological polar surface area (TPSA) is 39.1 Å². The second-order valence-corrected chi connectivity index (χ2v) is 4.51. The van der Waals surface area contributed by atoms with Gasteiger partial charge >= 0.3 is 0 Å². The van der Waals surface area contributed by atoms with E-state index in [4.69, 9.17) is 4.74 Å². The number of hydrogen-bond acceptors (Lipinski definition) is 3. The van der Waals surface area contributed by atoms with Crippen molar-refractivity contribution in [2.75, 3.05) is 20.2 Å². The first kappa shape index (κ1) is 11.6. The number of piperidine rings is 1. The third kappa shape index (κ3) is 2.83. The van der Waals surface area contributed by atoms with Gasteiger partial charge in [-0.2, -0.15) is 5.10 Å². The predicted molar refractivity (Wildman–Crippen MR) is 63.3 cm³/mol. The molecule has 1 saturated heterocycles. The van der Waals surface area contributed by atoms with E-state index in [9.17, 15) is 0 Å². The molecule has 0 radical (unpaired) electrons. The summed E-state index contributed by atoms with van der Waals surface area (Å²) in [6.07, 6.45) is 8.37. The monoisotopic (exact) mass is 223 g/mol. The molecule has 0 unspecified atom stereocenters. The fraction of sp³-hybridized carbons (Fsp3) is 0.750. The maximum absolute atomic E-state index is 5.73. The van der Waals surface area contributed by atoms with Crippen LogP contribution in [0.25, 0.3) is 0 Å². The second-order valence-electron chi connectivity index (χ2n) is 4.51. The van der Waals surface area contributed by atoms with Gasteiger partial charge in [0, 0.05) is 26.0 Å². The molecule has 2 heterocycles. The number of ether oxygens (including phenoxy) is 1. The van der Waals surface area contributed by atoms with Crippen molar-refractivity contribution in [1.29, 1.82) is 0 Å². The molecular formula is C12H21N3O. The summed E-state index contributed by atoms with van der Waals surface area (Å²) in [5, 5.41) is 7.59. The summed E-state index contributed by atoms with van der Waals surface area (Å²) >= 11 is 0. The minimum Gasteiger partial charge on any atom is -0.378 e. The predicted octanol–water partition coefficient (Wildman–Crippen LogP) is 1.43. The number of hydrogen-bond donors (Lipinski definition) is 1. The Hall–Kier alpha value is -0.870. The molecule has 1 fully saturated rings. The Bertz CT molecular complexity index is 291. The lowest BCUT2D eigenvalue weighted by atomic mass is 9.87. The van der Waals surface area contributed by atoms with Crippen molar-refractivity contribution in [3.8, 4) is 0 Å². The number of nitrogens with one attached hydrogen (secondary N) is 1. The fourth-order valence-electron chi connectivity index (χ4n) is 2.43. The van der Waals surface area contributed by atoms with Gasteiger partial charge in [0.05, 0.1) is 5.60 Å². The van der Waals surface area contributed by atoms with Gasteiger partial charge in [0.2, 0.25) is 0 Å². The van der Waals surface area contributed by atoms with Crippen molar-refractivity contribution < 1.29 is 4.74 Å². The van der Waals surface area contributed by atoms with Crippen LogP contribution in [-0.2, 0) is 11.3 Å². The number of methoxy groups -OCH3 is 1. The van der Waals surface area contributed by atoms with Crippen molar-refractivity contribution in [2.45, 2.75) is 37.8 Å². The molecule has 0 bridgehead atoms. The summed E-state index contributed by atoms with van der Waals surface area (Å²) in [6, 6.07) is 1.97. The molecule has 90 valence electrons. The fourth-order valence-corrected chi connectivity index (χ4v) is 2.43. The van der Waals surface area contributed by atoms with Crippen LogP contribution in [0.15, 0.2) is 18.5 Å². The largest absolute Gasteiger partial charge is 0.378 e. The molecule has 0 atom stereocenters. The van der Waals surface area contributed by atoms with E-state index in [2.05, 4.69) is 10.4 Å². The summed E-state index contributed by atoms with van der Waals surface area (Å²) in [5.41, 5.74) is 0.110. The van der Waals surface area contributed by atoms with E-state index >= 15 is 0 Å². The molecule has 0 spiro atoms. The Morgan fingerprint density at radius 1 is 1.44 bits per heavy atom. The van der Waals surface area contributed by atoms with Gasteiger partial charge in [-0.05, 0) is 44.8 Å². The van der Waals surface area contributed by atoms with Gasteiger partial charge < -0.3 is 10.1 Å². The van der Waals surface area contributed by atoms with Crippen molar-refractivity contribution in [3.63, 3.8) is 0 Å². The lowest BCUT2D eigenvalue weighted by Crippen LogP contribution is -2.43. The zero-order valence-corrected chi connectivity index (χ0v) is 9.98. The lowest BCUT2D eigenvalue weighted by molar-refractivity contribution is -0.0423. The zero-order valence-electron chi connectivity index (χ0n) is 9.98. The molecule has 0 aromatic carbocycles. The molecule has 0 saturated carbocycles. The minimum absolute atomic E-state index is 0.110. The van der Waals surface area contributed by atoms with Crippen molar-refractivity contribution in [2.24, 2.45) is 0 Å².